The van der Waals surface area contributed by atoms with Crippen LogP contribution in [0.3, 0.4) is 0 Å². The van der Waals surface area contributed by atoms with E-state index in [0.717, 1.165) is 12.3 Å². The summed E-state index contributed by atoms with van der Waals surface area (Å²) in [5.41, 5.74) is -0.646. The lowest BCUT2D eigenvalue weighted by Gasteiger charge is -2.33. The fourth-order valence-corrected chi connectivity index (χ4v) is 1.83. The van der Waals surface area contributed by atoms with Crippen molar-refractivity contribution in [3.8, 4) is 0 Å². The molecule has 0 bridgehead atoms. The average molecular weight is 241 g/mol. The molecule has 1 rings (SSSR count). The maximum Gasteiger partial charge on any atom is 0.305 e. The summed E-state index contributed by atoms with van der Waals surface area (Å²) >= 11 is 0. The van der Waals surface area contributed by atoms with E-state index in [1.807, 2.05) is 13.8 Å². The zero-order valence-corrected chi connectivity index (χ0v) is 11.0. The van der Waals surface area contributed by atoms with Crippen molar-refractivity contribution in [2.75, 3.05) is 0 Å². The minimum absolute atomic E-state index is 0.0191. The van der Waals surface area contributed by atoms with Crippen molar-refractivity contribution in [1.29, 1.82) is 0 Å². The lowest BCUT2D eigenvalue weighted by Crippen LogP contribution is -2.51. The van der Waals surface area contributed by atoms with Gasteiger partial charge in [0.15, 0.2) is 0 Å². The third kappa shape index (κ3) is 4.75. The zero-order chi connectivity index (χ0) is 13.1. The van der Waals surface area contributed by atoms with Crippen LogP contribution in [0.1, 0.15) is 52.9 Å². The Morgan fingerprint density at radius 1 is 1.41 bits per heavy atom. The van der Waals surface area contributed by atoms with E-state index in [4.69, 9.17) is 5.11 Å². The van der Waals surface area contributed by atoms with Gasteiger partial charge >= 0.3 is 5.97 Å². The Hall–Kier alpha value is -1.06. The normalized spacial score (nSPS) is 18.8. The largest absolute Gasteiger partial charge is 0.481 e. The van der Waals surface area contributed by atoms with E-state index >= 15 is 0 Å². The SMILES string of the molecule is CC(C)C(C)(CC(=O)O)NC(=O)CCC1CC1. The highest BCUT2D eigenvalue weighted by Crippen LogP contribution is 2.33. The van der Waals surface area contributed by atoms with Crippen molar-refractivity contribution >= 4 is 11.9 Å². The monoisotopic (exact) mass is 241 g/mol. The number of carboxylic acids is 1. The number of carboxylic acid groups (broad SMARTS) is 1. The van der Waals surface area contributed by atoms with Gasteiger partial charge in [0.25, 0.3) is 0 Å². The molecule has 0 spiro atoms. The Labute approximate surface area is 103 Å². The fraction of sp³-hybridized carbons (Fsp3) is 0.846. The fourth-order valence-electron chi connectivity index (χ4n) is 1.83. The van der Waals surface area contributed by atoms with E-state index in [9.17, 15) is 9.59 Å². The molecule has 1 aliphatic rings. The summed E-state index contributed by atoms with van der Waals surface area (Å²) in [6.07, 6.45) is 3.91. The van der Waals surface area contributed by atoms with Crippen molar-refractivity contribution in [2.24, 2.45) is 11.8 Å². The summed E-state index contributed by atoms with van der Waals surface area (Å²) in [4.78, 5) is 22.6. The molecular weight excluding hydrogens is 218 g/mol. The first-order valence-electron chi connectivity index (χ1n) is 6.36. The summed E-state index contributed by atoms with van der Waals surface area (Å²) in [6.45, 7) is 5.68. The minimum atomic E-state index is -0.872. The zero-order valence-electron chi connectivity index (χ0n) is 11.0. The van der Waals surface area contributed by atoms with Crippen molar-refractivity contribution in [3.05, 3.63) is 0 Å². The number of nitrogens with one attached hydrogen (secondary N) is 1. The first-order valence-corrected chi connectivity index (χ1v) is 6.36. The Balaban J connectivity index is 2.45. The van der Waals surface area contributed by atoms with Gasteiger partial charge in [0, 0.05) is 12.0 Å². The van der Waals surface area contributed by atoms with Crippen LogP contribution < -0.4 is 5.32 Å². The first-order chi connectivity index (χ1) is 7.83. The molecular formula is C13H23NO3. The number of hydrogen-bond acceptors (Lipinski definition) is 2. The molecule has 1 unspecified atom stereocenters. The molecule has 0 saturated heterocycles. The highest BCUT2D eigenvalue weighted by Gasteiger charge is 2.33. The van der Waals surface area contributed by atoms with Gasteiger partial charge in [-0.3, -0.25) is 9.59 Å². The van der Waals surface area contributed by atoms with E-state index in [-0.39, 0.29) is 18.2 Å². The number of carbonyl (C=O) groups excluding carboxylic acids is 1. The van der Waals surface area contributed by atoms with Gasteiger partial charge in [-0.15, -0.1) is 0 Å². The predicted octanol–water partition coefficient (Wildman–Crippen LogP) is 2.18. The lowest BCUT2D eigenvalue weighted by atomic mass is 9.85. The molecule has 0 heterocycles. The second kappa shape index (κ2) is 5.52. The van der Waals surface area contributed by atoms with Crippen LogP contribution in [-0.4, -0.2) is 22.5 Å². The first kappa shape index (κ1) is 14.0. The molecule has 0 aliphatic heterocycles. The average Bonchev–Trinajstić information content (AvgIpc) is 2.96. The molecule has 1 amide bonds. The Morgan fingerprint density at radius 3 is 2.41 bits per heavy atom. The number of rotatable bonds is 7. The van der Waals surface area contributed by atoms with Gasteiger partial charge in [0.05, 0.1) is 6.42 Å². The quantitative estimate of drug-likeness (QED) is 0.718. The van der Waals surface area contributed by atoms with Gasteiger partial charge in [-0.2, -0.15) is 0 Å². The van der Waals surface area contributed by atoms with Crippen LogP contribution in [-0.2, 0) is 9.59 Å². The molecule has 0 aromatic rings. The van der Waals surface area contributed by atoms with Crippen molar-refractivity contribution in [3.63, 3.8) is 0 Å². The standard InChI is InChI=1S/C13H23NO3/c1-9(2)13(3,8-12(16)17)14-11(15)7-6-10-4-5-10/h9-10H,4-8H2,1-3H3,(H,14,15)(H,16,17). The highest BCUT2D eigenvalue weighted by molar-refractivity contribution is 5.78. The van der Waals surface area contributed by atoms with Crippen LogP contribution in [0.25, 0.3) is 0 Å². The van der Waals surface area contributed by atoms with E-state index in [2.05, 4.69) is 5.32 Å². The molecule has 4 heteroatoms. The maximum absolute atomic E-state index is 11.8. The van der Waals surface area contributed by atoms with Crippen LogP contribution >= 0.6 is 0 Å². The summed E-state index contributed by atoms with van der Waals surface area (Å²) in [6, 6.07) is 0. The Morgan fingerprint density at radius 2 is 2.00 bits per heavy atom. The highest BCUT2D eigenvalue weighted by atomic mass is 16.4. The van der Waals surface area contributed by atoms with Crippen molar-refractivity contribution in [2.45, 2.75) is 58.4 Å². The van der Waals surface area contributed by atoms with Crippen molar-refractivity contribution < 1.29 is 14.7 Å². The third-order valence-electron chi connectivity index (χ3n) is 3.69. The molecule has 1 saturated carbocycles. The van der Waals surface area contributed by atoms with Crippen LogP contribution in [0.4, 0.5) is 0 Å². The van der Waals surface area contributed by atoms with Gasteiger partial charge in [-0.25, -0.2) is 0 Å². The van der Waals surface area contributed by atoms with Crippen LogP contribution in [0, 0.1) is 11.8 Å². The predicted molar refractivity (Wildman–Crippen MR) is 65.6 cm³/mol. The van der Waals surface area contributed by atoms with E-state index in [1.165, 1.54) is 12.8 Å². The smallest absolute Gasteiger partial charge is 0.305 e. The molecule has 1 atom stereocenters. The topological polar surface area (TPSA) is 66.4 Å². The minimum Gasteiger partial charge on any atom is -0.481 e. The number of amides is 1. The molecule has 98 valence electrons. The molecule has 0 radical (unpaired) electrons. The van der Waals surface area contributed by atoms with Gasteiger partial charge in [-0.05, 0) is 25.2 Å². The van der Waals surface area contributed by atoms with Gasteiger partial charge in [0.1, 0.15) is 0 Å². The molecule has 2 N–H and O–H groups in total. The molecule has 1 fully saturated rings. The summed E-state index contributed by atoms with van der Waals surface area (Å²) in [7, 11) is 0. The number of carbonyl (C=O) groups is 2. The summed E-state index contributed by atoms with van der Waals surface area (Å²) < 4.78 is 0. The van der Waals surface area contributed by atoms with E-state index < -0.39 is 11.5 Å². The second-order valence-corrected chi connectivity index (χ2v) is 5.67. The Bertz CT molecular complexity index is 297. The van der Waals surface area contributed by atoms with Crippen LogP contribution in [0.15, 0.2) is 0 Å². The Kier molecular flexibility index (Phi) is 4.54. The van der Waals surface area contributed by atoms with E-state index in [1.54, 1.807) is 6.92 Å². The van der Waals surface area contributed by atoms with Crippen molar-refractivity contribution in [1.82, 2.24) is 5.32 Å². The van der Waals surface area contributed by atoms with Crippen LogP contribution in [0.5, 0.6) is 0 Å². The molecule has 4 nitrogen and oxygen atoms in total. The lowest BCUT2D eigenvalue weighted by molar-refractivity contribution is -0.139. The van der Waals surface area contributed by atoms with Gasteiger partial charge in [0.2, 0.25) is 5.91 Å². The second-order valence-electron chi connectivity index (χ2n) is 5.67. The number of aliphatic carboxylic acids is 1. The summed E-state index contributed by atoms with van der Waals surface area (Å²) in [5.74, 6) is -0.0629. The third-order valence-corrected chi connectivity index (χ3v) is 3.69. The van der Waals surface area contributed by atoms with Gasteiger partial charge < -0.3 is 10.4 Å². The molecule has 0 aromatic carbocycles. The molecule has 0 aromatic heterocycles. The van der Waals surface area contributed by atoms with Gasteiger partial charge in [-0.1, -0.05) is 26.7 Å². The molecule has 1 aliphatic carbocycles. The summed E-state index contributed by atoms with van der Waals surface area (Å²) in [5, 5.41) is 11.8. The van der Waals surface area contributed by atoms with Crippen LogP contribution in [0.2, 0.25) is 0 Å². The maximum atomic E-state index is 11.8. The molecule has 17 heavy (non-hydrogen) atoms. The van der Waals surface area contributed by atoms with E-state index in [0.29, 0.717) is 6.42 Å². The number of hydrogen-bond donors (Lipinski definition) is 2.